The second kappa shape index (κ2) is 4.14. The Bertz CT molecular complexity index is 526. The van der Waals surface area contributed by atoms with Crippen LogP contribution in [0.1, 0.15) is 5.56 Å². The third-order valence-electron chi connectivity index (χ3n) is 1.74. The highest BCUT2D eigenvalue weighted by molar-refractivity contribution is 7.71. The molecule has 0 bridgehead atoms. The van der Waals surface area contributed by atoms with Gasteiger partial charge in [0.05, 0.1) is 6.21 Å². The van der Waals surface area contributed by atoms with Crippen molar-refractivity contribution in [1.29, 1.82) is 0 Å². The maximum absolute atomic E-state index is 12.6. The smallest absolute Gasteiger partial charge is 0.216 e. The Morgan fingerprint density at radius 2 is 2.13 bits per heavy atom. The predicted octanol–water partition coefficient (Wildman–Crippen LogP) is 1.96. The van der Waals surface area contributed by atoms with E-state index in [2.05, 4.69) is 15.3 Å². The van der Waals surface area contributed by atoms with Crippen LogP contribution < -0.4 is 0 Å². The first-order valence-corrected chi connectivity index (χ1v) is 4.58. The topological polar surface area (TPSA) is 46.0 Å². The zero-order valence-electron chi connectivity index (χ0n) is 7.59. The first-order chi connectivity index (χ1) is 7.25. The van der Waals surface area contributed by atoms with E-state index in [1.54, 1.807) is 18.3 Å². The summed E-state index contributed by atoms with van der Waals surface area (Å²) < 4.78 is 14.4. The van der Waals surface area contributed by atoms with Crippen LogP contribution in [0.3, 0.4) is 0 Å². The molecule has 15 heavy (non-hydrogen) atoms. The first-order valence-electron chi connectivity index (χ1n) is 4.17. The number of aromatic nitrogens is 3. The molecule has 0 amide bonds. The summed E-state index contributed by atoms with van der Waals surface area (Å²) >= 11 is 4.89. The van der Waals surface area contributed by atoms with Gasteiger partial charge < -0.3 is 0 Å². The molecule has 0 atom stereocenters. The lowest BCUT2D eigenvalue weighted by Gasteiger charge is -1.92. The summed E-state index contributed by atoms with van der Waals surface area (Å²) in [6.45, 7) is 0. The van der Waals surface area contributed by atoms with Gasteiger partial charge in [0.2, 0.25) is 4.77 Å². The lowest BCUT2D eigenvalue weighted by Crippen LogP contribution is -1.89. The zero-order valence-corrected chi connectivity index (χ0v) is 8.41. The van der Waals surface area contributed by atoms with E-state index >= 15 is 0 Å². The van der Waals surface area contributed by atoms with E-state index in [-0.39, 0.29) is 5.82 Å². The average Bonchev–Trinajstić information content (AvgIpc) is 2.63. The van der Waals surface area contributed by atoms with Gasteiger partial charge in [-0.1, -0.05) is 12.1 Å². The van der Waals surface area contributed by atoms with Gasteiger partial charge in [0.25, 0.3) is 0 Å². The summed E-state index contributed by atoms with van der Waals surface area (Å²) in [6, 6.07) is 6.00. The molecule has 0 radical (unpaired) electrons. The van der Waals surface area contributed by atoms with Crippen molar-refractivity contribution in [2.75, 3.05) is 0 Å². The Kier molecular flexibility index (Phi) is 2.68. The minimum Gasteiger partial charge on any atom is -0.250 e. The van der Waals surface area contributed by atoms with Gasteiger partial charge in [-0.2, -0.15) is 14.9 Å². The van der Waals surface area contributed by atoms with Crippen molar-refractivity contribution in [1.82, 2.24) is 14.9 Å². The number of aromatic amines is 1. The van der Waals surface area contributed by atoms with Crippen molar-refractivity contribution < 1.29 is 4.39 Å². The second-order valence-electron chi connectivity index (χ2n) is 2.80. The van der Waals surface area contributed by atoms with Crippen LogP contribution in [0.25, 0.3) is 0 Å². The highest BCUT2D eigenvalue weighted by Gasteiger charge is 1.91. The Labute approximate surface area is 90.1 Å². The minimum atomic E-state index is -0.271. The third kappa shape index (κ3) is 2.35. The van der Waals surface area contributed by atoms with Gasteiger partial charge in [-0.05, 0) is 29.9 Å². The zero-order chi connectivity index (χ0) is 10.7. The van der Waals surface area contributed by atoms with Crippen LogP contribution in [0, 0.1) is 10.6 Å². The molecule has 2 aromatic rings. The molecule has 0 fully saturated rings. The van der Waals surface area contributed by atoms with E-state index < -0.39 is 0 Å². The van der Waals surface area contributed by atoms with Crippen LogP contribution >= 0.6 is 12.2 Å². The summed E-state index contributed by atoms with van der Waals surface area (Å²) in [5.41, 5.74) is 0.791. The summed E-state index contributed by atoms with van der Waals surface area (Å²) in [5.74, 6) is -0.271. The summed E-state index contributed by atoms with van der Waals surface area (Å²) in [5, 5.41) is 10.3. The third-order valence-corrected chi connectivity index (χ3v) is 2.01. The maximum atomic E-state index is 12.6. The van der Waals surface area contributed by atoms with Gasteiger partial charge in [0.1, 0.15) is 12.1 Å². The Balaban J connectivity index is 2.22. The Hall–Kier alpha value is -1.82. The van der Waals surface area contributed by atoms with E-state index in [0.717, 1.165) is 5.56 Å². The predicted molar refractivity (Wildman–Crippen MR) is 56.8 cm³/mol. The lowest BCUT2D eigenvalue weighted by atomic mass is 10.2. The fourth-order valence-corrected chi connectivity index (χ4v) is 1.15. The number of rotatable bonds is 2. The van der Waals surface area contributed by atoms with Crippen molar-refractivity contribution in [3.8, 4) is 0 Å². The quantitative estimate of drug-likeness (QED) is 0.623. The molecule has 1 heterocycles. The molecular formula is C9H7FN4S. The monoisotopic (exact) mass is 222 g/mol. The minimum absolute atomic E-state index is 0.271. The molecule has 2 rings (SSSR count). The summed E-state index contributed by atoms with van der Waals surface area (Å²) in [7, 11) is 0. The van der Waals surface area contributed by atoms with E-state index in [0.29, 0.717) is 4.77 Å². The molecule has 0 aliphatic heterocycles. The van der Waals surface area contributed by atoms with Gasteiger partial charge in [0, 0.05) is 0 Å². The molecule has 6 heteroatoms. The molecule has 4 nitrogen and oxygen atoms in total. The molecule has 1 aromatic carbocycles. The van der Waals surface area contributed by atoms with Crippen molar-refractivity contribution in [3.63, 3.8) is 0 Å². The molecule has 76 valence electrons. The molecule has 0 unspecified atom stereocenters. The molecule has 0 saturated carbocycles. The van der Waals surface area contributed by atoms with Crippen LogP contribution in [-0.4, -0.2) is 21.1 Å². The highest BCUT2D eigenvalue weighted by Crippen LogP contribution is 2.00. The van der Waals surface area contributed by atoms with Crippen LogP contribution in [0.5, 0.6) is 0 Å². The normalized spacial score (nSPS) is 11.0. The molecule has 0 saturated heterocycles. The molecule has 0 aliphatic rings. The van der Waals surface area contributed by atoms with E-state index in [1.165, 1.54) is 23.1 Å². The number of hydrogen-bond donors (Lipinski definition) is 1. The SMILES string of the molecule is Fc1ccc(C=Nn2cn[nH]c2=S)cc1. The van der Waals surface area contributed by atoms with Gasteiger partial charge in [-0.15, -0.1) is 0 Å². The van der Waals surface area contributed by atoms with Crippen molar-refractivity contribution >= 4 is 18.4 Å². The maximum Gasteiger partial charge on any atom is 0.216 e. The van der Waals surface area contributed by atoms with Crippen molar-refractivity contribution in [2.45, 2.75) is 0 Å². The largest absolute Gasteiger partial charge is 0.250 e. The Morgan fingerprint density at radius 3 is 2.73 bits per heavy atom. The summed E-state index contributed by atoms with van der Waals surface area (Å²) in [6.07, 6.45) is 3.03. The van der Waals surface area contributed by atoms with Crippen LogP contribution in [0.4, 0.5) is 4.39 Å². The lowest BCUT2D eigenvalue weighted by molar-refractivity contribution is 0.628. The number of hydrogen-bond acceptors (Lipinski definition) is 3. The molecule has 1 N–H and O–H groups in total. The van der Waals surface area contributed by atoms with E-state index in [1.807, 2.05) is 0 Å². The van der Waals surface area contributed by atoms with Crippen LogP contribution in [-0.2, 0) is 0 Å². The highest BCUT2D eigenvalue weighted by atomic mass is 32.1. The van der Waals surface area contributed by atoms with Gasteiger partial charge in [-0.3, -0.25) is 5.10 Å². The summed E-state index contributed by atoms with van der Waals surface area (Å²) in [4.78, 5) is 0. The average molecular weight is 222 g/mol. The van der Waals surface area contributed by atoms with Gasteiger partial charge in [0.15, 0.2) is 0 Å². The standard InChI is InChI=1S/C9H7FN4S/c10-8-3-1-7(2-4-8)5-12-14-6-11-13-9(14)15/h1-6H,(H,13,15). The molecule has 0 spiro atoms. The number of nitrogens with zero attached hydrogens (tertiary/aromatic N) is 3. The number of nitrogens with one attached hydrogen (secondary N) is 1. The Morgan fingerprint density at radius 1 is 1.40 bits per heavy atom. The first kappa shape index (κ1) is 9.72. The van der Waals surface area contributed by atoms with E-state index in [4.69, 9.17) is 12.2 Å². The van der Waals surface area contributed by atoms with Gasteiger partial charge in [-0.25, -0.2) is 4.39 Å². The van der Waals surface area contributed by atoms with Crippen LogP contribution in [0.15, 0.2) is 35.7 Å². The molecule has 0 aliphatic carbocycles. The molecular weight excluding hydrogens is 215 g/mol. The fraction of sp³-hybridized carbons (Fsp3) is 0. The van der Waals surface area contributed by atoms with Gasteiger partial charge >= 0.3 is 0 Å². The number of halogens is 1. The number of H-pyrrole nitrogens is 1. The van der Waals surface area contributed by atoms with Crippen molar-refractivity contribution in [3.05, 3.63) is 46.7 Å². The fourth-order valence-electron chi connectivity index (χ4n) is 1.00. The number of benzene rings is 1. The van der Waals surface area contributed by atoms with Crippen molar-refractivity contribution in [2.24, 2.45) is 5.10 Å². The van der Waals surface area contributed by atoms with Crippen LogP contribution in [0.2, 0.25) is 0 Å². The second-order valence-corrected chi connectivity index (χ2v) is 3.19. The van der Waals surface area contributed by atoms with E-state index in [9.17, 15) is 4.39 Å². The molecule has 1 aromatic heterocycles.